The fourth-order valence-corrected chi connectivity index (χ4v) is 5.84. The zero-order valence-corrected chi connectivity index (χ0v) is 21.3. The summed E-state index contributed by atoms with van der Waals surface area (Å²) in [5.41, 5.74) is -2.91. The summed E-state index contributed by atoms with van der Waals surface area (Å²) in [5, 5.41) is 0. The number of halogens is 1. The van der Waals surface area contributed by atoms with Gasteiger partial charge in [0, 0.05) is 24.5 Å². The van der Waals surface area contributed by atoms with E-state index >= 15 is 4.39 Å². The molecule has 7 nitrogen and oxygen atoms in total. The number of carbonyl (C=O) groups is 1. The van der Waals surface area contributed by atoms with E-state index < -0.39 is 55.1 Å². The van der Waals surface area contributed by atoms with Crippen LogP contribution in [0.15, 0.2) is 35.2 Å². The number of sulfone groups is 1. The van der Waals surface area contributed by atoms with Crippen LogP contribution in [0, 0.1) is 5.92 Å². The molecule has 0 spiro atoms. The van der Waals surface area contributed by atoms with E-state index in [9.17, 15) is 17.8 Å². The van der Waals surface area contributed by atoms with Gasteiger partial charge >= 0.3 is 6.09 Å². The Labute approximate surface area is 194 Å². The number of nitrogens with zero attached hydrogens (tertiary/aromatic N) is 1. The summed E-state index contributed by atoms with van der Waals surface area (Å²) in [6, 6.07) is 6.25. The Kier molecular flexibility index (Phi) is 8.63. The summed E-state index contributed by atoms with van der Waals surface area (Å²) < 4.78 is 61.8. The Morgan fingerprint density at radius 1 is 1.16 bits per heavy atom. The molecule has 0 aliphatic carbocycles. The maximum Gasteiger partial charge on any atom is 0.410 e. The molecule has 1 N–H and O–H groups in total. The normalized spacial score (nSPS) is 19.3. The third-order valence-corrected chi connectivity index (χ3v) is 8.56. The zero-order chi connectivity index (χ0) is 24.3. The van der Waals surface area contributed by atoms with Crippen LogP contribution in [0.2, 0.25) is 0 Å². The highest BCUT2D eigenvalue weighted by molar-refractivity contribution is 7.92. The number of hydrogen-bond acceptors (Lipinski definition) is 6. The predicted octanol–water partition coefficient (Wildman–Crippen LogP) is 3.82. The molecule has 182 valence electrons. The summed E-state index contributed by atoms with van der Waals surface area (Å²) in [5.74, 6) is -0.423. The Bertz CT molecular complexity index is 861. The van der Waals surface area contributed by atoms with Crippen LogP contribution >= 0.6 is 0 Å². The molecule has 0 saturated carbocycles. The Hall–Kier alpha value is -1.36. The molecule has 1 saturated heterocycles. The molecule has 0 aromatic heterocycles. The molecular weight excluding hydrogens is 455 g/mol. The van der Waals surface area contributed by atoms with Gasteiger partial charge in [-0.3, -0.25) is 0 Å². The average molecular weight is 491 g/mol. The fourth-order valence-electron chi connectivity index (χ4n) is 3.36. The van der Waals surface area contributed by atoms with E-state index in [4.69, 9.17) is 4.74 Å². The molecule has 1 heterocycles. The number of benzene rings is 1. The lowest BCUT2D eigenvalue weighted by Crippen LogP contribution is -2.55. The zero-order valence-electron chi connectivity index (χ0n) is 19.6. The van der Waals surface area contributed by atoms with Gasteiger partial charge in [0.2, 0.25) is 15.3 Å². The van der Waals surface area contributed by atoms with Crippen LogP contribution in [0.3, 0.4) is 0 Å². The smallest absolute Gasteiger partial charge is 0.410 e. The van der Waals surface area contributed by atoms with Crippen molar-refractivity contribution in [3.05, 3.63) is 30.3 Å². The fraction of sp³-hybridized carbons (Fsp3) is 0.682. The van der Waals surface area contributed by atoms with Crippen molar-refractivity contribution in [1.29, 1.82) is 0 Å². The molecule has 2 rings (SSSR count). The topological polar surface area (TPSA) is 98.8 Å². The lowest BCUT2D eigenvalue weighted by Gasteiger charge is -2.38. The maximum atomic E-state index is 15.7. The summed E-state index contributed by atoms with van der Waals surface area (Å²) in [7, 11) is -4.30. The molecule has 1 aromatic rings. The highest BCUT2D eigenvalue weighted by Gasteiger charge is 2.45. The van der Waals surface area contributed by atoms with Gasteiger partial charge in [-0.05, 0) is 72.4 Å². The van der Waals surface area contributed by atoms with Crippen LogP contribution in [0.25, 0.3) is 0 Å². The van der Waals surface area contributed by atoms with Crippen LogP contribution in [0.5, 0.6) is 0 Å². The number of nitrogens with one attached hydrogen (secondary N) is 1. The van der Waals surface area contributed by atoms with Crippen molar-refractivity contribution >= 4 is 27.3 Å². The van der Waals surface area contributed by atoms with E-state index in [2.05, 4.69) is 4.72 Å². The number of rotatable bonds is 6. The molecule has 1 aliphatic rings. The van der Waals surface area contributed by atoms with Crippen molar-refractivity contribution in [2.24, 2.45) is 5.92 Å². The second-order valence-electron chi connectivity index (χ2n) is 10.0. The largest absolute Gasteiger partial charge is 0.598 e. The second kappa shape index (κ2) is 10.3. The summed E-state index contributed by atoms with van der Waals surface area (Å²) in [6.07, 6.45) is 0.277. The van der Waals surface area contributed by atoms with Crippen molar-refractivity contribution in [3.8, 4) is 0 Å². The summed E-state index contributed by atoms with van der Waals surface area (Å²) in [4.78, 5) is 13.8. The van der Waals surface area contributed by atoms with E-state index in [0.29, 0.717) is 25.9 Å². The second-order valence-corrected chi connectivity index (χ2v) is 14.0. The number of ether oxygens (including phenoxy) is 1. The molecular formula is C22H35FN2O5S2. The average Bonchev–Trinajstić information content (AvgIpc) is 2.70. The van der Waals surface area contributed by atoms with E-state index in [1.165, 1.54) is 24.3 Å². The van der Waals surface area contributed by atoms with Crippen molar-refractivity contribution in [3.63, 3.8) is 0 Å². The third-order valence-electron chi connectivity index (χ3n) is 5.15. The van der Waals surface area contributed by atoms with Gasteiger partial charge in [0.1, 0.15) is 16.4 Å². The number of amides is 1. The van der Waals surface area contributed by atoms with Crippen LogP contribution in [-0.4, -0.2) is 58.9 Å². The molecule has 0 bridgehead atoms. The molecule has 32 heavy (non-hydrogen) atoms. The molecule has 2 unspecified atom stereocenters. The predicted molar refractivity (Wildman–Crippen MR) is 124 cm³/mol. The number of piperidine rings is 1. The van der Waals surface area contributed by atoms with Gasteiger partial charge in [0.25, 0.3) is 0 Å². The van der Waals surface area contributed by atoms with Gasteiger partial charge in [-0.15, -0.1) is 4.72 Å². The Balaban J connectivity index is 2.22. The van der Waals surface area contributed by atoms with Crippen LogP contribution in [-0.2, 0) is 25.9 Å². The van der Waals surface area contributed by atoms with Gasteiger partial charge in [-0.2, -0.15) is 0 Å². The van der Waals surface area contributed by atoms with E-state index in [1.807, 2.05) is 0 Å². The number of hydrogen-bond donors (Lipinski definition) is 1. The minimum Gasteiger partial charge on any atom is -0.598 e. The molecule has 1 fully saturated rings. The molecule has 1 aromatic carbocycles. The van der Waals surface area contributed by atoms with Crippen molar-refractivity contribution in [2.45, 2.75) is 81.2 Å². The first-order valence-electron chi connectivity index (χ1n) is 10.7. The highest BCUT2D eigenvalue weighted by atomic mass is 32.2. The van der Waals surface area contributed by atoms with E-state index in [1.54, 1.807) is 52.5 Å². The minimum atomic E-state index is -4.30. The SMILES string of the molecule is CC(C)(C)OC(=O)N1CCC(C(N[S@@+]([O-])C(C)(C)C)C(F)S(=O)(=O)c2ccccc2)CC1. The lowest BCUT2D eigenvalue weighted by molar-refractivity contribution is 0.0165. The van der Waals surface area contributed by atoms with Gasteiger partial charge < -0.3 is 14.2 Å². The van der Waals surface area contributed by atoms with Crippen molar-refractivity contribution in [1.82, 2.24) is 9.62 Å². The highest BCUT2D eigenvalue weighted by Crippen LogP contribution is 2.31. The third kappa shape index (κ3) is 7.07. The first-order chi connectivity index (χ1) is 14.6. The lowest BCUT2D eigenvalue weighted by atomic mass is 9.90. The Morgan fingerprint density at radius 3 is 2.16 bits per heavy atom. The van der Waals surface area contributed by atoms with Gasteiger partial charge in [0.05, 0.1) is 4.90 Å². The van der Waals surface area contributed by atoms with Gasteiger partial charge in [-0.25, -0.2) is 17.6 Å². The van der Waals surface area contributed by atoms with Crippen LogP contribution < -0.4 is 4.72 Å². The molecule has 0 radical (unpaired) electrons. The first-order valence-corrected chi connectivity index (χ1v) is 13.4. The number of carbonyl (C=O) groups excluding carboxylic acids is 1. The van der Waals surface area contributed by atoms with Crippen molar-refractivity contribution in [2.75, 3.05) is 13.1 Å². The summed E-state index contributed by atoms with van der Waals surface area (Å²) in [6.45, 7) is 11.1. The minimum absolute atomic E-state index is 0.118. The summed E-state index contributed by atoms with van der Waals surface area (Å²) >= 11 is -1.67. The van der Waals surface area contributed by atoms with Crippen LogP contribution in [0.4, 0.5) is 9.18 Å². The quantitative estimate of drug-likeness (QED) is 0.609. The monoisotopic (exact) mass is 490 g/mol. The molecule has 3 atom stereocenters. The van der Waals surface area contributed by atoms with E-state index in [-0.39, 0.29) is 4.90 Å². The van der Waals surface area contributed by atoms with Crippen molar-refractivity contribution < 1.29 is 26.9 Å². The number of likely N-dealkylation sites (tertiary alicyclic amines) is 1. The molecule has 1 aliphatic heterocycles. The van der Waals surface area contributed by atoms with E-state index in [0.717, 1.165) is 0 Å². The van der Waals surface area contributed by atoms with Gasteiger partial charge in [0.15, 0.2) is 0 Å². The van der Waals surface area contributed by atoms with Crippen LogP contribution in [0.1, 0.15) is 54.4 Å². The first kappa shape index (κ1) is 26.9. The molecule has 10 heteroatoms. The number of alkyl halides is 1. The maximum absolute atomic E-state index is 15.7. The molecule has 1 amide bonds. The standard InChI is InChI=1S/C22H35FN2O5S2/c1-21(2,3)30-20(26)25-14-12-16(13-15-25)18(24-31(27)22(4,5)6)19(23)32(28,29)17-10-8-7-9-11-17/h7-11,16,18-19,24H,12-15H2,1-6H3/t18?,19?,31-/m0/s1. The Morgan fingerprint density at radius 2 is 1.69 bits per heavy atom. The van der Waals surface area contributed by atoms with Gasteiger partial charge in [-0.1, -0.05) is 18.2 Å².